The number of carbonyl (C=O) groups excluding carboxylic acids is 1. The van der Waals surface area contributed by atoms with Crippen LogP contribution in [-0.2, 0) is 11.2 Å². The first-order valence-corrected chi connectivity index (χ1v) is 6.53. The van der Waals surface area contributed by atoms with Crippen LogP contribution >= 0.6 is 0 Å². The van der Waals surface area contributed by atoms with E-state index in [1.807, 2.05) is 37.3 Å². The molecule has 100 valence electrons. The number of hydrogen-bond acceptors (Lipinski definition) is 2. The van der Waals surface area contributed by atoms with Gasteiger partial charge in [0, 0.05) is 12.1 Å². The second kappa shape index (κ2) is 6.53. The zero-order chi connectivity index (χ0) is 14.4. The van der Waals surface area contributed by atoms with E-state index in [2.05, 4.69) is 5.32 Å². The lowest BCUT2D eigenvalue weighted by Gasteiger charge is -2.05. The highest BCUT2D eigenvalue weighted by Crippen LogP contribution is 2.10. The van der Waals surface area contributed by atoms with Gasteiger partial charge in [-0.3, -0.25) is 4.79 Å². The Kier molecular flexibility index (Phi) is 4.52. The molecule has 0 aliphatic carbocycles. The Morgan fingerprint density at radius 2 is 1.75 bits per heavy atom. The highest BCUT2D eigenvalue weighted by molar-refractivity contribution is 5.90. The highest BCUT2D eigenvalue weighted by Gasteiger charge is 2.03. The Morgan fingerprint density at radius 1 is 1.10 bits per heavy atom. The maximum absolute atomic E-state index is 11.8. The molecule has 2 aromatic carbocycles. The molecule has 0 bridgehead atoms. The number of carbonyl (C=O) groups is 1. The predicted molar refractivity (Wildman–Crippen MR) is 79.3 cm³/mol. The van der Waals surface area contributed by atoms with E-state index < -0.39 is 0 Å². The number of nitriles is 1. The largest absolute Gasteiger partial charge is 0.326 e. The van der Waals surface area contributed by atoms with E-state index in [4.69, 9.17) is 5.26 Å². The average Bonchev–Trinajstić information content (AvgIpc) is 2.47. The van der Waals surface area contributed by atoms with Crippen molar-refractivity contribution in [2.24, 2.45) is 0 Å². The lowest BCUT2D eigenvalue weighted by molar-refractivity contribution is -0.116. The van der Waals surface area contributed by atoms with Gasteiger partial charge in [0.25, 0.3) is 0 Å². The summed E-state index contributed by atoms with van der Waals surface area (Å²) in [5, 5.41) is 11.5. The number of hydrogen-bond donors (Lipinski definition) is 1. The summed E-state index contributed by atoms with van der Waals surface area (Å²) in [4.78, 5) is 11.8. The van der Waals surface area contributed by atoms with Crippen LogP contribution in [0.25, 0.3) is 0 Å². The minimum absolute atomic E-state index is 0.0183. The standard InChI is InChI=1S/C17H16N2O/c1-13-2-4-14(5-3-13)8-11-17(20)19-16-9-6-15(12-18)7-10-16/h2-7,9-10H,8,11H2,1H3,(H,19,20). The number of aryl methyl sites for hydroxylation is 2. The van der Waals surface area contributed by atoms with Crippen LogP contribution in [0.3, 0.4) is 0 Å². The molecule has 20 heavy (non-hydrogen) atoms. The molecule has 3 nitrogen and oxygen atoms in total. The summed E-state index contributed by atoms with van der Waals surface area (Å²) in [6.45, 7) is 2.04. The van der Waals surface area contributed by atoms with Gasteiger partial charge in [-0.25, -0.2) is 0 Å². The van der Waals surface area contributed by atoms with Gasteiger partial charge in [0.1, 0.15) is 0 Å². The van der Waals surface area contributed by atoms with Crippen molar-refractivity contribution < 1.29 is 4.79 Å². The lowest BCUT2D eigenvalue weighted by Crippen LogP contribution is -2.12. The molecule has 0 saturated carbocycles. The van der Waals surface area contributed by atoms with Gasteiger partial charge in [0.15, 0.2) is 0 Å². The van der Waals surface area contributed by atoms with E-state index in [9.17, 15) is 4.79 Å². The van der Waals surface area contributed by atoms with Crippen molar-refractivity contribution in [2.75, 3.05) is 5.32 Å². The summed E-state index contributed by atoms with van der Waals surface area (Å²) in [6, 6.07) is 17.1. The minimum Gasteiger partial charge on any atom is -0.326 e. The smallest absolute Gasteiger partial charge is 0.224 e. The Labute approximate surface area is 118 Å². The molecule has 0 saturated heterocycles. The molecule has 2 aromatic rings. The third-order valence-electron chi connectivity index (χ3n) is 3.06. The molecule has 0 unspecified atom stereocenters. The summed E-state index contributed by atoms with van der Waals surface area (Å²) < 4.78 is 0. The molecule has 0 aliphatic heterocycles. The third kappa shape index (κ3) is 3.96. The molecule has 0 heterocycles. The molecule has 0 fully saturated rings. The first kappa shape index (κ1) is 13.8. The fraction of sp³-hybridized carbons (Fsp3) is 0.176. The van der Waals surface area contributed by atoms with Crippen molar-refractivity contribution in [3.8, 4) is 6.07 Å². The van der Waals surface area contributed by atoms with Gasteiger partial charge < -0.3 is 5.32 Å². The van der Waals surface area contributed by atoms with Crippen LogP contribution in [0, 0.1) is 18.3 Å². The first-order chi connectivity index (χ1) is 9.67. The number of anilines is 1. The second-order valence-corrected chi connectivity index (χ2v) is 4.72. The van der Waals surface area contributed by atoms with Crippen LogP contribution in [0.5, 0.6) is 0 Å². The van der Waals surface area contributed by atoms with Gasteiger partial charge >= 0.3 is 0 Å². The maximum Gasteiger partial charge on any atom is 0.224 e. The van der Waals surface area contributed by atoms with Crippen molar-refractivity contribution in [1.29, 1.82) is 5.26 Å². The van der Waals surface area contributed by atoms with E-state index in [1.165, 1.54) is 5.56 Å². The fourth-order valence-corrected chi connectivity index (χ4v) is 1.86. The van der Waals surface area contributed by atoms with E-state index in [1.54, 1.807) is 24.3 Å². The lowest BCUT2D eigenvalue weighted by atomic mass is 10.1. The second-order valence-electron chi connectivity index (χ2n) is 4.72. The molecule has 3 heteroatoms. The highest BCUT2D eigenvalue weighted by atomic mass is 16.1. The van der Waals surface area contributed by atoms with Crippen LogP contribution in [0.15, 0.2) is 48.5 Å². The van der Waals surface area contributed by atoms with Crippen LogP contribution in [0.2, 0.25) is 0 Å². The zero-order valence-electron chi connectivity index (χ0n) is 11.4. The first-order valence-electron chi connectivity index (χ1n) is 6.53. The predicted octanol–water partition coefficient (Wildman–Crippen LogP) is 3.44. The summed E-state index contributed by atoms with van der Waals surface area (Å²) in [5.41, 5.74) is 3.68. The van der Waals surface area contributed by atoms with E-state index in [0.717, 1.165) is 17.7 Å². The van der Waals surface area contributed by atoms with Crippen LogP contribution in [0.1, 0.15) is 23.1 Å². The maximum atomic E-state index is 11.8. The van der Waals surface area contributed by atoms with Crippen molar-refractivity contribution in [1.82, 2.24) is 0 Å². The van der Waals surface area contributed by atoms with Gasteiger partial charge in [0.05, 0.1) is 11.6 Å². The van der Waals surface area contributed by atoms with Crippen molar-refractivity contribution in [3.05, 3.63) is 65.2 Å². The van der Waals surface area contributed by atoms with E-state index >= 15 is 0 Å². The number of nitrogens with zero attached hydrogens (tertiary/aromatic N) is 1. The third-order valence-corrected chi connectivity index (χ3v) is 3.06. The van der Waals surface area contributed by atoms with Gasteiger partial charge in [-0.2, -0.15) is 5.26 Å². The SMILES string of the molecule is Cc1ccc(CCC(=O)Nc2ccc(C#N)cc2)cc1. The van der Waals surface area contributed by atoms with Crippen molar-refractivity contribution in [3.63, 3.8) is 0 Å². The molecular formula is C17H16N2O. The summed E-state index contributed by atoms with van der Waals surface area (Å²) in [7, 11) is 0. The van der Waals surface area contributed by atoms with Crippen LogP contribution < -0.4 is 5.32 Å². The average molecular weight is 264 g/mol. The molecule has 2 rings (SSSR count). The van der Waals surface area contributed by atoms with Crippen LogP contribution in [0.4, 0.5) is 5.69 Å². The molecule has 0 atom stereocenters. The Hall–Kier alpha value is -2.60. The van der Waals surface area contributed by atoms with E-state index in [-0.39, 0.29) is 5.91 Å². The van der Waals surface area contributed by atoms with Crippen LogP contribution in [-0.4, -0.2) is 5.91 Å². The summed E-state index contributed by atoms with van der Waals surface area (Å²) in [6.07, 6.45) is 1.17. The molecule has 0 radical (unpaired) electrons. The monoisotopic (exact) mass is 264 g/mol. The normalized spacial score (nSPS) is 9.80. The molecule has 1 amide bonds. The van der Waals surface area contributed by atoms with Gasteiger partial charge in [0.2, 0.25) is 5.91 Å². The molecular weight excluding hydrogens is 248 g/mol. The number of benzene rings is 2. The number of rotatable bonds is 4. The molecule has 0 aromatic heterocycles. The fourth-order valence-electron chi connectivity index (χ4n) is 1.86. The van der Waals surface area contributed by atoms with Gasteiger partial charge in [-0.15, -0.1) is 0 Å². The quantitative estimate of drug-likeness (QED) is 0.919. The van der Waals surface area contributed by atoms with E-state index in [0.29, 0.717) is 12.0 Å². The molecule has 0 spiro atoms. The Bertz CT molecular complexity index is 622. The van der Waals surface area contributed by atoms with Crippen molar-refractivity contribution in [2.45, 2.75) is 19.8 Å². The summed E-state index contributed by atoms with van der Waals surface area (Å²) >= 11 is 0. The Morgan fingerprint density at radius 3 is 2.35 bits per heavy atom. The Balaban J connectivity index is 1.86. The number of amides is 1. The van der Waals surface area contributed by atoms with Gasteiger partial charge in [-0.1, -0.05) is 29.8 Å². The molecule has 0 aliphatic rings. The zero-order valence-corrected chi connectivity index (χ0v) is 11.4. The summed E-state index contributed by atoms with van der Waals surface area (Å²) in [5.74, 6) is -0.0183. The minimum atomic E-state index is -0.0183. The number of nitrogens with one attached hydrogen (secondary N) is 1. The van der Waals surface area contributed by atoms with Crippen molar-refractivity contribution >= 4 is 11.6 Å². The topological polar surface area (TPSA) is 52.9 Å². The van der Waals surface area contributed by atoms with Gasteiger partial charge in [-0.05, 0) is 43.2 Å². The molecule has 1 N–H and O–H groups in total.